The van der Waals surface area contributed by atoms with Gasteiger partial charge in [0.15, 0.2) is 0 Å². The molecule has 1 saturated heterocycles. The second-order valence-electron chi connectivity index (χ2n) is 8.57. The molecular weight excluding hydrogens is 332 g/mol. The van der Waals surface area contributed by atoms with Crippen LogP contribution >= 0.6 is 0 Å². The third kappa shape index (κ3) is 2.52. The smallest absolute Gasteiger partial charge is 0.399 e. The molecule has 0 bridgehead atoms. The Morgan fingerprint density at radius 2 is 1.81 bits per heavy atom. The SMILES string of the molecule is Cn1cnnc1C1(c2cccc(B3OC(C)(C)C(C)(C)O3)c2)CC(F)C1. The molecule has 4 rings (SSSR count). The average molecular weight is 357 g/mol. The Morgan fingerprint density at radius 1 is 1.15 bits per heavy atom. The fraction of sp³-hybridized carbons (Fsp3) is 0.579. The summed E-state index contributed by atoms with van der Waals surface area (Å²) in [5, 5.41) is 8.28. The molecule has 0 unspecified atom stereocenters. The van der Waals surface area contributed by atoms with E-state index in [1.807, 2.05) is 57.5 Å². The first kappa shape index (κ1) is 17.7. The minimum Gasteiger partial charge on any atom is -0.399 e. The van der Waals surface area contributed by atoms with Crippen LogP contribution in [0.2, 0.25) is 0 Å². The number of hydrogen-bond acceptors (Lipinski definition) is 4. The standard InChI is InChI=1S/C19H25BFN3O2/c1-17(2)18(3,4)26-20(25-17)14-8-6-7-13(9-14)19(10-15(21)11-19)16-23-22-12-24(16)5/h6-9,12,15H,10-11H2,1-5H3. The van der Waals surface area contributed by atoms with Crippen LogP contribution in [0.4, 0.5) is 4.39 Å². The van der Waals surface area contributed by atoms with Gasteiger partial charge in [-0.3, -0.25) is 0 Å². The summed E-state index contributed by atoms with van der Waals surface area (Å²) in [6.07, 6.45) is 1.70. The van der Waals surface area contributed by atoms with Crippen molar-refractivity contribution in [2.45, 2.75) is 63.3 Å². The highest BCUT2D eigenvalue weighted by Gasteiger charge is 2.53. The zero-order chi connectivity index (χ0) is 18.7. The van der Waals surface area contributed by atoms with E-state index in [9.17, 15) is 4.39 Å². The molecule has 138 valence electrons. The van der Waals surface area contributed by atoms with E-state index in [0.717, 1.165) is 16.9 Å². The molecule has 0 N–H and O–H groups in total. The van der Waals surface area contributed by atoms with E-state index in [-0.39, 0.29) is 0 Å². The monoisotopic (exact) mass is 357 g/mol. The van der Waals surface area contributed by atoms with Crippen LogP contribution in [0.25, 0.3) is 0 Å². The van der Waals surface area contributed by atoms with Gasteiger partial charge in [-0.25, -0.2) is 4.39 Å². The van der Waals surface area contributed by atoms with E-state index in [1.54, 1.807) is 6.33 Å². The van der Waals surface area contributed by atoms with Crippen molar-refractivity contribution in [3.8, 4) is 0 Å². The van der Waals surface area contributed by atoms with E-state index in [1.165, 1.54) is 0 Å². The molecule has 0 atom stereocenters. The number of alkyl halides is 1. The largest absolute Gasteiger partial charge is 0.494 e. The highest BCUT2D eigenvalue weighted by atomic mass is 19.1. The van der Waals surface area contributed by atoms with Gasteiger partial charge in [0, 0.05) is 7.05 Å². The Hall–Kier alpha value is -1.73. The number of aromatic nitrogens is 3. The zero-order valence-electron chi connectivity index (χ0n) is 16.0. The lowest BCUT2D eigenvalue weighted by Crippen LogP contribution is -2.46. The molecule has 1 aromatic carbocycles. The lowest BCUT2D eigenvalue weighted by Gasteiger charge is -2.43. The van der Waals surface area contributed by atoms with Crippen molar-refractivity contribution in [3.63, 3.8) is 0 Å². The predicted octanol–water partition coefficient (Wildman–Crippen LogP) is 2.53. The minimum absolute atomic E-state index is 0.393. The topological polar surface area (TPSA) is 49.2 Å². The van der Waals surface area contributed by atoms with E-state index >= 15 is 0 Å². The highest BCUT2D eigenvalue weighted by Crippen LogP contribution is 2.49. The summed E-state index contributed by atoms with van der Waals surface area (Å²) in [4.78, 5) is 0. The quantitative estimate of drug-likeness (QED) is 0.793. The van der Waals surface area contributed by atoms with Crippen molar-refractivity contribution >= 4 is 12.6 Å². The van der Waals surface area contributed by atoms with Gasteiger partial charge in [-0.2, -0.15) is 0 Å². The Kier molecular flexibility index (Phi) is 3.83. The Labute approximate surface area is 154 Å². The summed E-state index contributed by atoms with van der Waals surface area (Å²) in [6, 6.07) is 8.10. The number of hydrogen-bond donors (Lipinski definition) is 0. The molecule has 2 heterocycles. The Balaban J connectivity index is 1.71. The summed E-state index contributed by atoms with van der Waals surface area (Å²) in [5.74, 6) is 0.803. The van der Waals surface area contributed by atoms with Gasteiger partial charge in [-0.05, 0) is 51.6 Å². The van der Waals surface area contributed by atoms with E-state index in [0.29, 0.717) is 12.8 Å². The van der Waals surface area contributed by atoms with Crippen LogP contribution in [-0.2, 0) is 21.8 Å². The molecule has 2 aromatic rings. The minimum atomic E-state index is -0.813. The van der Waals surface area contributed by atoms with Gasteiger partial charge >= 0.3 is 7.12 Å². The zero-order valence-corrected chi connectivity index (χ0v) is 16.0. The van der Waals surface area contributed by atoms with Crippen LogP contribution in [0.3, 0.4) is 0 Å². The molecule has 0 radical (unpaired) electrons. The summed E-state index contributed by atoms with van der Waals surface area (Å²) in [7, 11) is 1.47. The van der Waals surface area contributed by atoms with Gasteiger partial charge in [-0.1, -0.05) is 24.3 Å². The second-order valence-corrected chi connectivity index (χ2v) is 8.57. The molecule has 1 aromatic heterocycles. The van der Waals surface area contributed by atoms with Crippen LogP contribution in [0, 0.1) is 0 Å². The van der Waals surface area contributed by atoms with Crippen molar-refractivity contribution < 1.29 is 13.7 Å². The number of halogens is 1. The first-order valence-electron chi connectivity index (χ1n) is 9.09. The summed E-state index contributed by atoms with van der Waals surface area (Å²) >= 11 is 0. The van der Waals surface area contributed by atoms with Crippen molar-refractivity contribution in [2.24, 2.45) is 7.05 Å². The van der Waals surface area contributed by atoms with Crippen molar-refractivity contribution in [3.05, 3.63) is 42.0 Å². The third-order valence-electron chi connectivity index (χ3n) is 6.24. The Bertz CT molecular complexity index is 814. The first-order chi connectivity index (χ1) is 12.1. The van der Waals surface area contributed by atoms with Crippen molar-refractivity contribution in [1.82, 2.24) is 14.8 Å². The third-order valence-corrected chi connectivity index (χ3v) is 6.24. The molecule has 2 aliphatic rings. The summed E-state index contributed by atoms with van der Waals surface area (Å²) in [6.45, 7) is 8.16. The number of rotatable bonds is 3. The normalized spacial score (nSPS) is 29.6. The maximum absolute atomic E-state index is 13.9. The van der Waals surface area contributed by atoms with Crippen LogP contribution in [0.5, 0.6) is 0 Å². The van der Waals surface area contributed by atoms with Crippen LogP contribution in [0.15, 0.2) is 30.6 Å². The van der Waals surface area contributed by atoms with Crippen molar-refractivity contribution in [2.75, 3.05) is 0 Å². The number of aryl methyl sites for hydroxylation is 1. The molecule has 5 nitrogen and oxygen atoms in total. The fourth-order valence-electron chi connectivity index (χ4n) is 3.92. The molecule has 1 aliphatic carbocycles. The lowest BCUT2D eigenvalue weighted by molar-refractivity contribution is 0.00578. The van der Waals surface area contributed by atoms with Crippen LogP contribution in [-0.4, -0.2) is 39.3 Å². The van der Waals surface area contributed by atoms with Crippen LogP contribution in [0.1, 0.15) is 51.9 Å². The predicted molar refractivity (Wildman–Crippen MR) is 98.1 cm³/mol. The molecular formula is C19H25BFN3O2. The maximum atomic E-state index is 13.9. The van der Waals surface area contributed by atoms with Gasteiger partial charge in [0.05, 0.1) is 16.6 Å². The van der Waals surface area contributed by atoms with Gasteiger partial charge in [-0.15, -0.1) is 10.2 Å². The van der Waals surface area contributed by atoms with Gasteiger partial charge in [0.2, 0.25) is 0 Å². The fourth-order valence-corrected chi connectivity index (χ4v) is 3.92. The molecule has 26 heavy (non-hydrogen) atoms. The molecule has 1 aliphatic heterocycles. The Morgan fingerprint density at radius 3 is 2.35 bits per heavy atom. The summed E-state index contributed by atoms with van der Waals surface area (Å²) < 4.78 is 28.2. The van der Waals surface area contributed by atoms with Gasteiger partial charge in [0.1, 0.15) is 18.3 Å². The van der Waals surface area contributed by atoms with E-state index in [4.69, 9.17) is 9.31 Å². The number of benzene rings is 1. The molecule has 1 saturated carbocycles. The molecule has 7 heteroatoms. The van der Waals surface area contributed by atoms with E-state index in [2.05, 4.69) is 16.3 Å². The lowest BCUT2D eigenvalue weighted by atomic mass is 9.61. The molecule has 0 amide bonds. The van der Waals surface area contributed by atoms with Gasteiger partial charge in [0.25, 0.3) is 0 Å². The van der Waals surface area contributed by atoms with Crippen molar-refractivity contribution in [1.29, 1.82) is 0 Å². The second kappa shape index (κ2) is 5.63. The van der Waals surface area contributed by atoms with Gasteiger partial charge < -0.3 is 13.9 Å². The molecule has 0 spiro atoms. The summed E-state index contributed by atoms with van der Waals surface area (Å²) in [5.41, 5.74) is 0.759. The van der Waals surface area contributed by atoms with E-state index < -0.39 is 29.9 Å². The average Bonchev–Trinajstić information content (AvgIpc) is 3.05. The molecule has 2 fully saturated rings. The highest BCUT2D eigenvalue weighted by molar-refractivity contribution is 6.62. The first-order valence-corrected chi connectivity index (χ1v) is 9.09. The van der Waals surface area contributed by atoms with Crippen LogP contribution < -0.4 is 5.46 Å². The maximum Gasteiger partial charge on any atom is 0.494 e. The number of nitrogens with zero attached hydrogens (tertiary/aromatic N) is 3.